The molecule has 0 saturated carbocycles. The monoisotopic (exact) mass is 474 g/mol. The van der Waals surface area contributed by atoms with Gasteiger partial charge in [-0.1, -0.05) is 48.5 Å². The van der Waals surface area contributed by atoms with Gasteiger partial charge in [-0.25, -0.2) is 13.1 Å². The fraction of sp³-hybridized carbons (Fsp3) is 0.391. The molecule has 0 unspecified atom stereocenters. The lowest BCUT2D eigenvalue weighted by molar-refractivity contribution is -0.135. The van der Waals surface area contributed by atoms with E-state index in [0.29, 0.717) is 32.8 Å². The normalized spacial score (nSPS) is 14.5. The quantitative estimate of drug-likeness (QED) is 0.489. The van der Waals surface area contributed by atoms with Gasteiger partial charge in [0.05, 0.1) is 31.2 Å². The molecular weight excluding hydrogens is 444 g/mol. The van der Waals surface area contributed by atoms with Gasteiger partial charge >= 0.3 is 0 Å². The molecule has 0 spiro atoms. The van der Waals surface area contributed by atoms with Crippen LogP contribution in [0, 0.1) is 0 Å². The first-order chi connectivity index (χ1) is 15.9. The molecule has 0 aliphatic carbocycles. The van der Waals surface area contributed by atoms with Crippen LogP contribution in [0.1, 0.15) is 5.56 Å². The summed E-state index contributed by atoms with van der Waals surface area (Å²) in [7, 11) is -3.82. The van der Waals surface area contributed by atoms with Gasteiger partial charge in [0.25, 0.3) is 0 Å². The van der Waals surface area contributed by atoms with E-state index in [1.54, 1.807) is 18.2 Å². The van der Waals surface area contributed by atoms with Crippen molar-refractivity contribution in [3.05, 3.63) is 66.2 Å². The van der Waals surface area contributed by atoms with Crippen molar-refractivity contribution in [3.8, 4) is 0 Å². The van der Waals surface area contributed by atoms with E-state index in [1.807, 2.05) is 30.3 Å². The molecule has 0 atom stereocenters. The summed E-state index contributed by atoms with van der Waals surface area (Å²) in [5, 5.41) is 2.82. The van der Waals surface area contributed by atoms with Crippen LogP contribution in [-0.2, 0) is 30.9 Å². The minimum absolute atomic E-state index is 0.0817. The van der Waals surface area contributed by atoms with Crippen LogP contribution >= 0.6 is 0 Å². The Morgan fingerprint density at radius 2 is 1.61 bits per heavy atom. The molecule has 1 aliphatic heterocycles. The van der Waals surface area contributed by atoms with Gasteiger partial charge in [-0.2, -0.15) is 0 Å². The van der Waals surface area contributed by atoms with E-state index in [9.17, 15) is 18.0 Å². The summed E-state index contributed by atoms with van der Waals surface area (Å²) in [5.74, 6) is -0.766. The third kappa shape index (κ3) is 8.25. The zero-order valence-electron chi connectivity index (χ0n) is 18.5. The minimum atomic E-state index is -3.82. The van der Waals surface area contributed by atoms with Gasteiger partial charge < -0.3 is 15.0 Å². The number of hydrogen-bond acceptors (Lipinski definition) is 6. The lowest BCUT2D eigenvalue weighted by Crippen LogP contribution is -2.48. The van der Waals surface area contributed by atoms with Gasteiger partial charge in [-0.15, -0.1) is 0 Å². The minimum Gasteiger partial charge on any atom is -0.379 e. The number of nitrogens with one attached hydrogen (secondary N) is 2. The maximum absolute atomic E-state index is 12.9. The average Bonchev–Trinajstić information content (AvgIpc) is 2.85. The Hall–Kier alpha value is -2.79. The molecule has 2 aromatic carbocycles. The molecule has 2 aromatic rings. The highest BCUT2D eigenvalue weighted by atomic mass is 32.2. The molecule has 0 radical (unpaired) electrons. The molecule has 1 heterocycles. The molecule has 1 saturated heterocycles. The molecule has 2 amide bonds. The number of carbonyl (C=O) groups is 2. The number of morpholine rings is 1. The topological polar surface area (TPSA) is 108 Å². The van der Waals surface area contributed by atoms with Crippen LogP contribution in [0.15, 0.2) is 65.6 Å². The van der Waals surface area contributed by atoms with Gasteiger partial charge in [0.15, 0.2) is 0 Å². The van der Waals surface area contributed by atoms with Crippen LogP contribution in [0.4, 0.5) is 0 Å². The summed E-state index contributed by atoms with van der Waals surface area (Å²) in [4.78, 5) is 29.0. The first kappa shape index (κ1) is 24.8. The second kappa shape index (κ2) is 12.4. The number of ether oxygens (including phenoxy) is 1. The van der Waals surface area contributed by atoms with Crippen LogP contribution < -0.4 is 10.0 Å². The van der Waals surface area contributed by atoms with Gasteiger partial charge in [-0.3, -0.25) is 14.5 Å². The van der Waals surface area contributed by atoms with Crippen molar-refractivity contribution in [2.24, 2.45) is 0 Å². The van der Waals surface area contributed by atoms with E-state index >= 15 is 0 Å². The third-order valence-electron chi connectivity index (χ3n) is 5.28. The Balaban J connectivity index is 1.58. The summed E-state index contributed by atoms with van der Waals surface area (Å²) < 4.78 is 32.6. The van der Waals surface area contributed by atoms with Crippen molar-refractivity contribution in [3.63, 3.8) is 0 Å². The zero-order chi connectivity index (χ0) is 23.5. The van der Waals surface area contributed by atoms with Crippen LogP contribution in [-0.4, -0.2) is 82.5 Å². The highest BCUT2D eigenvalue weighted by Gasteiger charge is 2.22. The van der Waals surface area contributed by atoms with Crippen molar-refractivity contribution in [2.45, 2.75) is 11.4 Å². The van der Waals surface area contributed by atoms with Crippen molar-refractivity contribution >= 4 is 21.8 Å². The van der Waals surface area contributed by atoms with E-state index in [0.717, 1.165) is 18.7 Å². The van der Waals surface area contributed by atoms with Gasteiger partial charge in [0.2, 0.25) is 21.8 Å². The Bertz CT molecular complexity index is 996. The zero-order valence-corrected chi connectivity index (χ0v) is 19.3. The van der Waals surface area contributed by atoms with Gasteiger partial charge in [0, 0.05) is 32.7 Å². The van der Waals surface area contributed by atoms with Crippen LogP contribution in [0.2, 0.25) is 0 Å². The Labute approximate surface area is 194 Å². The largest absolute Gasteiger partial charge is 0.379 e. The highest BCUT2D eigenvalue weighted by Crippen LogP contribution is 2.07. The highest BCUT2D eigenvalue weighted by molar-refractivity contribution is 7.89. The number of sulfonamides is 1. The Morgan fingerprint density at radius 3 is 2.27 bits per heavy atom. The third-order valence-corrected chi connectivity index (χ3v) is 6.69. The number of rotatable bonds is 11. The molecule has 1 aliphatic rings. The maximum Gasteiger partial charge on any atom is 0.241 e. The van der Waals surface area contributed by atoms with Crippen molar-refractivity contribution in [1.29, 1.82) is 0 Å². The number of carbonyl (C=O) groups excluding carboxylic acids is 2. The molecule has 0 aromatic heterocycles. The van der Waals surface area contributed by atoms with Crippen molar-refractivity contribution < 1.29 is 22.7 Å². The van der Waals surface area contributed by atoms with Crippen LogP contribution in [0.5, 0.6) is 0 Å². The predicted octanol–water partition coefficient (Wildman–Crippen LogP) is 0.442. The lowest BCUT2D eigenvalue weighted by Gasteiger charge is -2.30. The molecule has 10 heteroatoms. The number of hydrogen-bond donors (Lipinski definition) is 2. The first-order valence-electron chi connectivity index (χ1n) is 10.9. The Kier molecular flexibility index (Phi) is 9.37. The second-order valence-electron chi connectivity index (χ2n) is 7.67. The summed E-state index contributed by atoms with van der Waals surface area (Å²) in [6.45, 7) is 3.43. The van der Waals surface area contributed by atoms with E-state index in [-0.39, 0.29) is 17.3 Å². The average molecular weight is 475 g/mol. The van der Waals surface area contributed by atoms with E-state index in [2.05, 4.69) is 14.9 Å². The summed E-state index contributed by atoms with van der Waals surface area (Å²) in [6, 6.07) is 17.3. The standard InChI is InChI=1S/C23H30N4O5S/c28-22(24-17-20-7-3-1-4-8-20)19-27(12-11-26-13-15-32-16-14-26)23(29)18-25-33(30,31)21-9-5-2-6-10-21/h1-10,25H,11-19H2,(H,24,28). The fourth-order valence-electron chi connectivity index (χ4n) is 3.36. The van der Waals surface area contributed by atoms with Crippen molar-refractivity contribution in [1.82, 2.24) is 19.8 Å². The SMILES string of the molecule is O=C(CN(CCN1CCOCC1)C(=O)CNS(=O)(=O)c1ccccc1)NCc1ccccc1. The van der Waals surface area contributed by atoms with Crippen LogP contribution in [0.25, 0.3) is 0 Å². The van der Waals surface area contributed by atoms with Gasteiger partial charge in [0.1, 0.15) is 0 Å². The van der Waals surface area contributed by atoms with Crippen LogP contribution in [0.3, 0.4) is 0 Å². The fourth-order valence-corrected chi connectivity index (χ4v) is 4.35. The summed E-state index contributed by atoms with van der Waals surface area (Å²) >= 11 is 0. The van der Waals surface area contributed by atoms with Crippen molar-refractivity contribution in [2.75, 3.05) is 52.5 Å². The first-order valence-corrected chi connectivity index (χ1v) is 12.4. The molecule has 178 valence electrons. The molecule has 2 N–H and O–H groups in total. The number of nitrogens with zero attached hydrogens (tertiary/aromatic N) is 2. The molecule has 33 heavy (non-hydrogen) atoms. The number of amides is 2. The molecule has 1 fully saturated rings. The summed E-state index contributed by atoms with van der Waals surface area (Å²) in [6.07, 6.45) is 0. The molecular formula is C23H30N4O5S. The molecule has 3 rings (SSSR count). The smallest absolute Gasteiger partial charge is 0.241 e. The van der Waals surface area contributed by atoms with E-state index in [1.165, 1.54) is 17.0 Å². The second-order valence-corrected chi connectivity index (χ2v) is 9.44. The Morgan fingerprint density at radius 1 is 0.970 bits per heavy atom. The number of benzene rings is 2. The molecule has 9 nitrogen and oxygen atoms in total. The maximum atomic E-state index is 12.9. The van der Waals surface area contributed by atoms with Gasteiger partial charge in [-0.05, 0) is 17.7 Å². The van der Waals surface area contributed by atoms with E-state index < -0.39 is 22.5 Å². The molecule has 0 bridgehead atoms. The van der Waals surface area contributed by atoms with E-state index in [4.69, 9.17) is 4.74 Å². The summed E-state index contributed by atoms with van der Waals surface area (Å²) in [5.41, 5.74) is 0.952. The predicted molar refractivity (Wildman–Crippen MR) is 124 cm³/mol. The lowest BCUT2D eigenvalue weighted by atomic mass is 10.2.